The zero-order valence-corrected chi connectivity index (χ0v) is 30.7. The van der Waals surface area contributed by atoms with E-state index in [0.717, 1.165) is 55.3 Å². The molecule has 0 aliphatic carbocycles. The lowest BCUT2D eigenvalue weighted by Gasteiger charge is -2.25. The van der Waals surface area contributed by atoms with Crippen molar-refractivity contribution in [3.63, 3.8) is 0 Å². The van der Waals surface area contributed by atoms with E-state index in [1.54, 1.807) is 0 Å². The van der Waals surface area contributed by atoms with Crippen molar-refractivity contribution in [2.24, 2.45) is 0 Å². The fraction of sp³-hybridized carbons (Fsp3) is 0.130. The number of carbonyl (C=O) groups excluding carboxylic acids is 2. The van der Waals surface area contributed by atoms with Gasteiger partial charge in [0.1, 0.15) is 0 Å². The highest BCUT2D eigenvalue weighted by atomic mass is 16.2. The van der Waals surface area contributed by atoms with E-state index in [0.29, 0.717) is 39.7 Å². The predicted octanol–water partition coefficient (Wildman–Crippen LogP) is 10.2. The topological polar surface area (TPSA) is 81.8 Å². The summed E-state index contributed by atoms with van der Waals surface area (Å²) in [5.74, 6) is 0.909. The molecular weight excluding hydrogens is 683 g/mol. The Bertz CT molecular complexity index is 3070. The van der Waals surface area contributed by atoms with Gasteiger partial charge in [0.25, 0.3) is 11.8 Å². The first-order valence-corrected chi connectivity index (χ1v) is 18.8. The molecule has 9 nitrogen and oxygen atoms in total. The van der Waals surface area contributed by atoms with E-state index in [1.807, 2.05) is 91.0 Å². The molecule has 0 unspecified atom stereocenters. The molecule has 1 aliphatic rings. The number of imidazole rings is 4. The van der Waals surface area contributed by atoms with Crippen LogP contribution in [0.1, 0.15) is 71.4 Å². The molecule has 5 heterocycles. The van der Waals surface area contributed by atoms with Crippen molar-refractivity contribution in [1.29, 1.82) is 0 Å². The van der Waals surface area contributed by atoms with Crippen LogP contribution in [0.4, 0.5) is 5.69 Å². The van der Waals surface area contributed by atoms with E-state index in [1.165, 1.54) is 4.90 Å². The van der Waals surface area contributed by atoms with Gasteiger partial charge in [-0.15, -0.1) is 0 Å². The maximum atomic E-state index is 14.9. The molecule has 11 rings (SSSR count). The first kappa shape index (κ1) is 31.5. The predicted molar refractivity (Wildman–Crippen MR) is 218 cm³/mol. The zero-order chi connectivity index (χ0) is 37.3. The Morgan fingerprint density at radius 2 is 0.836 bits per heavy atom. The van der Waals surface area contributed by atoms with Crippen LogP contribution >= 0.6 is 0 Å². The van der Waals surface area contributed by atoms with Gasteiger partial charge < -0.3 is 0 Å². The largest absolute Gasteiger partial charge is 0.276 e. The first-order chi connectivity index (χ1) is 26.8. The number of amides is 2. The minimum absolute atomic E-state index is 0.0901. The summed E-state index contributed by atoms with van der Waals surface area (Å²) in [4.78, 5) is 41.7. The number of anilines is 1. The van der Waals surface area contributed by atoms with Crippen molar-refractivity contribution in [2.45, 2.75) is 39.5 Å². The molecule has 9 heteroatoms. The summed E-state index contributed by atoms with van der Waals surface area (Å²) in [7, 11) is 0. The van der Waals surface area contributed by atoms with Gasteiger partial charge >= 0.3 is 0 Å². The first-order valence-electron chi connectivity index (χ1n) is 18.8. The van der Waals surface area contributed by atoms with E-state index >= 15 is 0 Å². The van der Waals surface area contributed by atoms with Crippen LogP contribution in [0.5, 0.6) is 0 Å². The monoisotopic (exact) mass is 717 g/mol. The minimum atomic E-state index is -0.335. The molecule has 6 aromatic carbocycles. The second-order valence-electron chi connectivity index (χ2n) is 15.0. The van der Waals surface area contributed by atoms with Crippen LogP contribution in [0.15, 0.2) is 127 Å². The maximum absolute atomic E-state index is 14.9. The van der Waals surface area contributed by atoms with Crippen molar-refractivity contribution in [3.8, 4) is 11.4 Å². The molecule has 10 aromatic rings. The van der Waals surface area contributed by atoms with Crippen LogP contribution in [0.2, 0.25) is 0 Å². The third-order valence-corrected chi connectivity index (χ3v) is 11.2. The summed E-state index contributed by atoms with van der Waals surface area (Å²) < 4.78 is 8.59. The molecule has 0 bridgehead atoms. The molecule has 0 atom stereocenters. The van der Waals surface area contributed by atoms with Crippen molar-refractivity contribution < 1.29 is 9.59 Å². The molecule has 0 N–H and O–H groups in total. The number of aromatic nitrogens is 6. The zero-order valence-electron chi connectivity index (χ0n) is 30.7. The van der Waals surface area contributed by atoms with Crippen molar-refractivity contribution in [1.82, 2.24) is 27.9 Å². The number of hydrogen-bond donors (Lipinski definition) is 0. The average molecular weight is 718 g/mol. The fourth-order valence-electron chi connectivity index (χ4n) is 8.77. The number of para-hydroxylation sites is 9. The van der Waals surface area contributed by atoms with Gasteiger partial charge in [-0.05, 0) is 83.6 Å². The van der Waals surface area contributed by atoms with Gasteiger partial charge in [-0.1, -0.05) is 94.4 Å². The number of imide groups is 1. The third-order valence-electron chi connectivity index (χ3n) is 11.2. The number of rotatable bonds is 5. The lowest BCUT2D eigenvalue weighted by atomic mass is 9.92. The Morgan fingerprint density at radius 1 is 0.455 bits per heavy atom. The Kier molecular flexibility index (Phi) is 6.45. The molecule has 2 amide bonds. The van der Waals surface area contributed by atoms with Crippen molar-refractivity contribution >= 4 is 73.2 Å². The van der Waals surface area contributed by atoms with Gasteiger partial charge in [-0.2, -0.15) is 0 Å². The number of fused-ring (bicyclic) bond motifs is 11. The lowest BCUT2D eigenvalue weighted by molar-refractivity contribution is 0.0925. The number of benzene rings is 6. The Morgan fingerprint density at radius 3 is 1.25 bits per heavy atom. The second kappa shape index (κ2) is 11.3. The number of nitrogens with zero attached hydrogens (tertiary/aromatic N) is 7. The second-order valence-corrected chi connectivity index (χ2v) is 15.0. The van der Waals surface area contributed by atoms with E-state index in [-0.39, 0.29) is 23.7 Å². The molecule has 0 radical (unpaired) electrons. The van der Waals surface area contributed by atoms with Crippen LogP contribution in [-0.2, 0) is 0 Å². The Hall–Kier alpha value is -7.00. The summed E-state index contributed by atoms with van der Waals surface area (Å²) in [6, 6.07) is 42.5. The van der Waals surface area contributed by atoms with Crippen LogP contribution in [0.25, 0.3) is 67.1 Å². The molecular formula is C46H35N7O2. The van der Waals surface area contributed by atoms with E-state index < -0.39 is 0 Å². The van der Waals surface area contributed by atoms with Gasteiger partial charge in [0.05, 0.1) is 72.3 Å². The smallest absolute Gasteiger partial charge is 0.266 e. The number of hydrogen-bond acceptors (Lipinski definition) is 4. The summed E-state index contributed by atoms with van der Waals surface area (Å²) in [5, 5.41) is 0. The van der Waals surface area contributed by atoms with Crippen molar-refractivity contribution in [2.75, 3.05) is 4.90 Å². The highest BCUT2D eigenvalue weighted by Crippen LogP contribution is 2.43. The summed E-state index contributed by atoms with van der Waals surface area (Å²) in [5.41, 5.74) is 12.2. The summed E-state index contributed by atoms with van der Waals surface area (Å²) in [6.45, 7) is 8.41. The van der Waals surface area contributed by atoms with E-state index in [9.17, 15) is 9.59 Å². The highest BCUT2D eigenvalue weighted by Gasteiger charge is 2.41. The van der Waals surface area contributed by atoms with Gasteiger partial charge in [0, 0.05) is 0 Å². The molecule has 0 fully saturated rings. The minimum Gasteiger partial charge on any atom is -0.276 e. The molecule has 0 spiro atoms. The Balaban J connectivity index is 1.28. The van der Waals surface area contributed by atoms with E-state index in [2.05, 4.69) is 82.0 Å². The van der Waals surface area contributed by atoms with Gasteiger partial charge in [-0.25, -0.2) is 14.9 Å². The van der Waals surface area contributed by atoms with Gasteiger partial charge in [-0.3, -0.25) is 27.5 Å². The quantitative estimate of drug-likeness (QED) is 0.166. The normalized spacial score (nSPS) is 13.5. The van der Waals surface area contributed by atoms with Gasteiger partial charge in [0.15, 0.2) is 0 Å². The van der Waals surface area contributed by atoms with E-state index in [4.69, 9.17) is 9.97 Å². The molecule has 0 saturated carbocycles. The van der Waals surface area contributed by atoms with Crippen LogP contribution in [-0.4, -0.2) is 39.7 Å². The summed E-state index contributed by atoms with van der Waals surface area (Å²) in [6.07, 6.45) is 0. The van der Waals surface area contributed by atoms with Crippen LogP contribution in [0, 0.1) is 0 Å². The average Bonchev–Trinajstić information content (AvgIpc) is 3.97. The molecule has 55 heavy (non-hydrogen) atoms. The van der Waals surface area contributed by atoms with Crippen LogP contribution in [0.3, 0.4) is 0 Å². The van der Waals surface area contributed by atoms with Gasteiger partial charge in [0.2, 0.25) is 11.6 Å². The fourth-order valence-corrected chi connectivity index (χ4v) is 8.77. The standard InChI is InChI=1S/C46H35N7O2/c1-26(2)28-14-13-15-29(27(3)4)42(28)53-43(54)30-24-40(51-38-22-11-9-20-36(38)49-34-18-7-5-16-32(34)47-45(49)51)41(25-31(30)44(53)55)52-39-23-12-10-21-37(39)50-35-19-8-6-17-33(35)48-46(50)52/h5-27H,1-4H3. The maximum Gasteiger partial charge on any atom is 0.266 e. The Labute approximate surface area is 315 Å². The lowest BCUT2D eigenvalue weighted by Crippen LogP contribution is -2.31. The molecule has 0 saturated heterocycles. The molecule has 4 aromatic heterocycles. The van der Waals surface area contributed by atoms with Crippen molar-refractivity contribution in [3.05, 3.63) is 150 Å². The molecule has 266 valence electrons. The number of carbonyl (C=O) groups is 2. The van der Waals surface area contributed by atoms with Crippen LogP contribution < -0.4 is 4.90 Å². The summed E-state index contributed by atoms with van der Waals surface area (Å²) >= 11 is 0. The highest BCUT2D eigenvalue weighted by molar-refractivity contribution is 6.35. The SMILES string of the molecule is CC(C)c1cccc(C(C)C)c1N1C(=O)c2cc(-n3c4ccccc4n4c5ccccc5nc34)c(-n3c4ccccc4n4c5ccccc5nc34)cc2C1=O. The molecule has 1 aliphatic heterocycles. The third kappa shape index (κ3) is 4.17.